The van der Waals surface area contributed by atoms with Gasteiger partial charge in [0.05, 0.1) is 12.1 Å². The summed E-state index contributed by atoms with van der Waals surface area (Å²) in [6.45, 7) is 0.812. The molecule has 0 bridgehead atoms. The van der Waals surface area contributed by atoms with Crippen molar-refractivity contribution in [1.29, 1.82) is 0 Å². The van der Waals surface area contributed by atoms with Crippen molar-refractivity contribution in [2.24, 2.45) is 0 Å². The van der Waals surface area contributed by atoms with Crippen molar-refractivity contribution < 1.29 is 23.4 Å². The van der Waals surface area contributed by atoms with Crippen LogP contribution in [0.25, 0.3) is 0 Å². The van der Waals surface area contributed by atoms with Crippen LogP contribution < -0.4 is 4.72 Å². The Morgan fingerprint density at radius 2 is 2.07 bits per heavy atom. The lowest BCUT2D eigenvalue weighted by Gasteiger charge is -2.40. The first-order chi connectivity index (χ1) is 6.83. The van der Waals surface area contributed by atoms with Gasteiger partial charge in [-0.15, -0.1) is 0 Å². The van der Waals surface area contributed by atoms with Gasteiger partial charge in [-0.2, -0.15) is 0 Å². The van der Waals surface area contributed by atoms with E-state index in [1.165, 1.54) is 0 Å². The van der Waals surface area contributed by atoms with Crippen molar-refractivity contribution in [1.82, 2.24) is 4.72 Å². The minimum atomic E-state index is -3.90. The molecule has 0 aromatic carbocycles. The first-order valence-electron chi connectivity index (χ1n) is 4.69. The fourth-order valence-corrected chi connectivity index (χ4v) is 2.73. The van der Waals surface area contributed by atoms with Crippen molar-refractivity contribution in [2.45, 2.75) is 37.0 Å². The average molecular weight is 237 g/mol. The van der Waals surface area contributed by atoms with Crippen LogP contribution in [0.5, 0.6) is 0 Å². The lowest BCUT2D eigenvalue weighted by molar-refractivity contribution is -0.136. The highest BCUT2D eigenvalue weighted by atomic mass is 32.2. The Bertz CT molecular complexity index is 341. The highest BCUT2D eigenvalue weighted by molar-refractivity contribution is 7.90. The summed E-state index contributed by atoms with van der Waals surface area (Å²) in [4.78, 5) is 10.5. The number of sulfonamides is 1. The highest BCUT2D eigenvalue weighted by Crippen LogP contribution is 2.32. The molecule has 1 aliphatic carbocycles. The Balaban J connectivity index is 2.76. The van der Waals surface area contributed by atoms with E-state index in [0.29, 0.717) is 12.8 Å². The zero-order valence-corrected chi connectivity index (χ0v) is 9.25. The van der Waals surface area contributed by atoms with Crippen molar-refractivity contribution in [3.8, 4) is 0 Å². The molecule has 7 heteroatoms. The minimum Gasteiger partial charge on any atom is -0.480 e. The third-order valence-corrected chi connectivity index (χ3v) is 4.64. The van der Waals surface area contributed by atoms with Crippen LogP contribution in [0.3, 0.4) is 0 Å². The standard InChI is InChI=1S/C8H15NO5S/c1-6(7(11)12)15(13,14)9-8(5-10)3-2-4-8/h6,9-10H,2-5H2,1H3,(H,11,12). The van der Waals surface area contributed by atoms with Crippen LogP contribution in [0.15, 0.2) is 0 Å². The maximum atomic E-state index is 11.5. The molecule has 0 heterocycles. The molecule has 0 radical (unpaired) electrons. The van der Waals surface area contributed by atoms with E-state index in [1.54, 1.807) is 0 Å². The smallest absolute Gasteiger partial charge is 0.323 e. The summed E-state index contributed by atoms with van der Waals surface area (Å²) in [5.41, 5.74) is -0.831. The highest BCUT2D eigenvalue weighted by Gasteiger charge is 2.42. The zero-order valence-electron chi connectivity index (χ0n) is 8.43. The molecule has 6 nitrogen and oxygen atoms in total. The number of hydrogen-bond acceptors (Lipinski definition) is 4. The predicted molar refractivity (Wildman–Crippen MR) is 52.8 cm³/mol. The van der Waals surface area contributed by atoms with Crippen molar-refractivity contribution in [3.05, 3.63) is 0 Å². The lowest BCUT2D eigenvalue weighted by Crippen LogP contribution is -2.58. The number of carboxylic acids is 1. The maximum Gasteiger partial charge on any atom is 0.323 e. The van der Waals surface area contributed by atoms with E-state index < -0.39 is 26.8 Å². The van der Waals surface area contributed by atoms with Crippen LogP contribution in [-0.4, -0.2) is 42.0 Å². The molecule has 0 saturated heterocycles. The van der Waals surface area contributed by atoms with Gasteiger partial charge in [0.1, 0.15) is 0 Å². The molecule has 1 rings (SSSR count). The predicted octanol–water partition coefficient (Wildman–Crippen LogP) is -0.706. The molecule has 0 aromatic rings. The van der Waals surface area contributed by atoms with E-state index >= 15 is 0 Å². The van der Waals surface area contributed by atoms with Crippen LogP contribution >= 0.6 is 0 Å². The quantitative estimate of drug-likeness (QED) is 0.586. The van der Waals surface area contributed by atoms with Crippen LogP contribution in [0.4, 0.5) is 0 Å². The first kappa shape index (κ1) is 12.4. The third-order valence-electron chi connectivity index (χ3n) is 2.79. The van der Waals surface area contributed by atoms with E-state index in [1.807, 2.05) is 0 Å². The molecule has 1 saturated carbocycles. The fourth-order valence-electron chi connectivity index (χ4n) is 1.42. The summed E-state index contributed by atoms with van der Waals surface area (Å²) >= 11 is 0. The van der Waals surface area contributed by atoms with Gasteiger partial charge in [0, 0.05) is 0 Å². The zero-order chi connectivity index (χ0) is 11.7. The SMILES string of the molecule is CC(C(=O)O)S(=O)(=O)NC1(CO)CCC1. The number of hydrogen-bond donors (Lipinski definition) is 3. The monoisotopic (exact) mass is 237 g/mol. The second-order valence-corrected chi connectivity index (χ2v) is 5.92. The molecule has 1 fully saturated rings. The molecule has 1 aliphatic rings. The van der Waals surface area contributed by atoms with Gasteiger partial charge in [0.25, 0.3) is 0 Å². The van der Waals surface area contributed by atoms with E-state index in [2.05, 4.69) is 4.72 Å². The molecular formula is C8H15NO5S. The van der Waals surface area contributed by atoms with Crippen molar-refractivity contribution in [3.63, 3.8) is 0 Å². The van der Waals surface area contributed by atoms with Gasteiger partial charge in [-0.05, 0) is 26.2 Å². The fraction of sp³-hybridized carbons (Fsp3) is 0.875. The van der Waals surface area contributed by atoms with E-state index in [-0.39, 0.29) is 6.61 Å². The van der Waals surface area contributed by atoms with E-state index in [9.17, 15) is 13.2 Å². The van der Waals surface area contributed by atoms with Crippen LogP contribution in [0, 0.1) is 0 Å². The van der Waals surface area contributed by atoms with Crippen molar-refractivity contribution >= 4 is 16.0 Å². The van der Waals surface area contributed by atoms with Gasteiger partial charge in [0.15, 0.2) is 5.25 Å². The summed E-state index contributed by atoms with van der Waals surface area (Å²) < 4.78 is 25.4. The largest absolute Gasteiger partial charge is 0.480 e. The summed E-state index contributed by atoms with van der Waals surface area (Å²) in [7, 11) is -3.90. The van der Waals surface area contributed by atoms with Gasteiger partial charge >= 0.3 is 5.97 Å². The maximum absolute atomic E-state index is 11.5. The van der Waals surface area contributed by atoms with Gasteiger partial charge in [-0.3, -0.25) is 4.79 Å². The molecule has 1 atom stereocenters. The van der Waals surface area contributed by atoms with Gasteiger partial charge < -0.3 is 10.2 Å². The van der Waals surface area contributed by atoms with Crippen LogP contribution in [0.2, 0.25) is 0 Å². The van der Waals surface area contributed by atoms with Gasteiger partial charge in [0.2, 0.25) is 10.0 Å². The summed E-state index contributed by atoms with van der Waals surface area (Å²) in [5.74, 6) is -1.39. The Kier molecular flexibility index (Phi) is 3.37. The Morgan fingerprint density at radius 3 is 2.33 bits per heavy atom. The number of carbonyl (C=O) groups is 1. The van der Waals surface area contributed by atoms with Crippen LogP contribution in [-0.2, 0) is 14.8 Å². The number of carboxylic acid groups (broad SMARTS) is 1. The molecule has 88 valence electrons. The Hall–Kier alpha value is -0.660. The first-order valence-corrected chi connectivity index (χ1v) is 6.24. The summed E-state index contributed by atoms with van der Waals surface area (Å²) in [5, 5.41) is 16.1. The molecule has 15 heavy (non-hydrogen) atoms. The van der Waals surface area contributed by atoms with E-state index in [0.717, 1.165) is 13.3 Å². The Labute approximate surface area is 88.3 Å². The van der Waals surface area contributed by atoms with Crippen molar-refractivity contribution in [2.75, 3.05) is 6.61 Å². The normalized spacial score (nSPS) is 21.7. The molecule has 0 spiro atoms. The number of rotatable bonds is 5. The molecule has 3 N–H and O–H groups in total. The molecule has 1 unspecified atom stereocenters. The number of aliphatic carboxylic acids is 1. The molecule has 0 amide bonds. The third kappa shape index (κ3) is 2.47. The molecular weight excluding hydrogens is 222 g/mol. The number of aliphatic hydroxyl groups is 1. The number of aliphatic hydroxyl groups excluding tert-OH is 1. The summed E-state index contributed by atoms with van der Waals surface area (Å²) in [6, 6.07) is 0. The van der Waals surface area contributed by atoms with Gasteiger partial charge in [-0.1, -0.05) is 0 Å². The minimum absolute atomic E-state index is 0.293. The average Bonchev–Trinajstić information content (AvgIpc) is 2.10. The topological polar surface area (TPSA) is 104 Å². The second kappa shape index (κ2) is 4.07. The van der Waals surface area contributed by atoms with E-state index in [4.69, 9.17) is 10.2 Å². The molecule has 0 aliphatic heterocycles. The molecule has 0 aromatic heterocycles. The lowest BCUT2D eigenvalue weighted by atomic mass is 9.78. The second-order valence-electron chi connectivity index (χ2n) is 3.92. The van der Waals surface area contributed by atoms with Gasteiger partial charge in [-0.25, -0.2) is 13.1 Å². The Morgan fingerprint density at radius 1 is 1.53 bits per heavy atom. The van der Waals surface area contributed by atoms with Crippen LogP contribution in [0.1, 0.15) is 26.2 Å². The number of nitrogens with one attached hydrogen (secondary N) is 1. The summed E-state index contributed by atoms with van der Waals surface area (Å²) in [6.07, 6.45) is 1.94.